The lowest BCUT2D eigenvalue weighted by atomic mass is 9.95. The first-order chi connectivity index (χ1) is 16.6. The van der Waals surface area contributed by atoms with E-state index in [1.165, 1.54) is 12.3 Å². The molecule has 2 aromatic heterocycles. The van der Waals surface area contributed by atoms with Crippen LogP contribution >= 0.6 is 11.6 Å². The third-order valence-corrected chi connectivity index (χ3v) is 7.13. The van der Waals surface area contributed by atoms with E-state index in [1.807, 2.05) is 13.8 Å². The quantitative estimate of drug-likeness (QED) is 0.288. The van der Waals surface area contributed by atoms with Crippen LogP contribution in [0.4, 0.5) is 14.5 Å². The Balaban J connectivity index is 1.53. The summed E-state index contributed by atoms with van der Waals surface area (Å²) >= 11 is 6.43. The molecule has 0 bridgehead atoms. The molecule has 0 atom stereocenters. The second kappa shape index (κ2) is 10.5. The van der Waals surface area contributed by atoms with Crippen molar-refractivity contribution in [3.63, 3.8) is 0 Å². The van der Waals surface area contributed by atoms with Gasteiger partial charge in [0.25, 0.3) is 6.02 Å². The van der Waals surface area contributed by atoms with Crippen LogP contribution in [0.1, 0.15) is 13.8 Å². The Bertz CT molecular complexity index is 1230. The maximum atomic E-state index is 14.9. The summed E-state index contributed by atoms with van der Waals surface area (Å²) in [6.07, 6.45) is 3.17. The molecule has 0 saturated heterocycles. The topological polar surface area (TPSA) is 69.9 Å². The highest BCUT2D eigenvalue weighted by Crippen LogP contribution is 2.37. The highest BCUT2D eigenvalue weighted by atomic mass is 35.5. The lowest BCUT2D eigenvalue weighted by Gasteiger charge is -2.28. The zero-order valence-corrected chi connectivity index (χ0v) is 22.1. The summed E-state index contributed by atoms with van der Waals surface area (Å²) < 4.78 is 48.5. The zero-order chi connectivity index (χ0) is 25.2. The minimum Gasteiger partial charge on any atom is -0.464 e. The van der Waals surface area contributed by atoms with E-state index in [9.17, 15) is 8.78 Å². The molecule has 188 valence electrons. The highest BCUT2D eigenvalue weighted by molar-refractivity contribution is 6.55. The van der Waals surface area contributed by atoms with E-state index in [0.717, 1.165) is 18.2 Å². The van der Waals surface area contributed by atoms with Crippen molar-refractivity contribution in [1.82, 2.24) is 9.55 Å². The molecule has 1 aliphatic rings. The molecule has 0 fully saturated rings. The van der Waals surface area contributed by atoms with E-state index in [0.29, 0.717) is 35.8 Å². The van der Waals surface area contributed by atoms with E-state index >= 15 is 0 Å². The molecule has 3 heterocycles. The van der Waals surface area contributed by atoms with E-state index in [-0.39, 0.29) is 29.6 Å². The molecule has 0 amide bonds. The number of hydrogen-bond donors (Lipinski definition) is 1. The summed E-state index contributed by atoms with van der Waals surface area (Å²) in [6.45, 7) is 10.5. The largest absolute Gasteiger partial charge is 0.464 e. The van der Waals surface area contributed by atoms with Gasteiger partial charge in [-0.1, -0.05) is 38.5 Å². The molecule has 3 aromatic rings. The molecule has 0 unspecified atom stereocenters. The van der Waals surface area contributed by atoms with Gasteiger partial charge in [0.1, 0.15) is 18.1 Å². The van der Waals surface area contributed by atoms with Crippen LogP contribution in [0.3, 0.4) is 0 Å². The average Bonchev–Trinajstić information content (AvgIpc) is 3.11. The predicted octanol–water partition coefficient (Wildman–Crippen LogP) is 6.05. The van der Waals surface area contributed by atoms with E-state index in [1.54, 1.807) is 10.8 Å². The fourth-order valence-corrected chi connectivity index (χ4v) is 4.42. The first-order valence-electron chi connectivity index (χ1n) is 11.5. The summed E-state index contributed by atoms with van der Waals surface area (Å²) in [4.78, 5) is 8.64. The number of aromatic nitrogens is 2. The van der Waals surface area contributed by atoms with Gasteiger partial charge in [-0.2, -0.15) is 0 Å². The molecule has 0 aliphatic carbocycles. The zero-order valence-electron chi connectivity index (χ0n) is 20.2. The monoisotopic (exact) mass is 522 g/mol. The van der Waals surface area contributed by atoms with Crippen molar-refractivity contribution in [3.05, 3.63) is 47.2 Å². The van der Waals surface area contributed by atoms with Crippen LogP contribution in [0.25, 0.3) is 11.0 Å². The number of hydrogen-bond acceptors (Lipinski definition) is 6. The van der Waals surface area contributed by atoms with Gasteiger partial charge in [0.15, 0.2) is 17.4 Å². The van der Waals surface area contributed by atoms with Gasteiger partial charge < -0.3 is 24.1 Å². The van der Waals surface area contributed by atoms with Gasteiger partial charge in [-0.15, -0.1) is 0 Å². The number of amidine groups is 1. The van der Waals surface area contributed by atoms with Crippen molar-refractivity contribution in [1.29, 1.82) is 0 Å². The molecule has 1 aromatic carbocycles. The van der Waals surface area contributed by atoms with E-state index in [4.69, 9.17) is 25.8 Å². The Morgan fingerprint density at radius 1 is 1.26 bits per heavy atom. The number of fused-ring (bicyclic) bond motifs is 1. The SMILES string of the molecule is C[SiH](C)CCOCn1cc(Cl)c2c(Oc3c(F)cc(NC4=NCC(C)(C)CO4)cc3F)ccnc21. The summed E-state index contributed by atoms with van der Waals surface area (Å²) in [6, 6.07) is 5.05. The number of nitrogens with one attached hydrogen (secondary N) is 1. The summed E-state index contributed by atoms with van der Waals surface area (Å²) in [5.41, 5.74) is 0.581. The Labute approximate surface area is 209 Å². The van der Waals surface area contributed by atoms with Crippen molar-refractivity contribution in [3.8, 4) is 11.5 Å². The number of rotatable bonds is 8. The van der Waals surface area contributed by atoms with Gasteiger partial charge in [-0.05, 0) is 12.1 Å². The number of nitrogens with zero attached hydrogens (tertiary/aromatic N) is 3. The van der Waals surface area contributed by atoms with E-state index < -0.39 is 26.2 Å². The van der Waals surface area contributed by atoms with Gasteiger partial charge in [-0.3, -0.25) is 0 Å². The van der Waals surface area contributed by atoms with Crippen molar-refractivity contribution >= 4 is 43.1 Å². The summed E-state index contributed by atoms with van der Waals surface area (Å²) in [5.74, 6) is -2.12. The van der Waals surface area contributed by atoms with Crippen LogP contribution in [0, 0.1) is 17.0 Å². The van der Waals surface area contributed by atoms with Crippen LogP contribution in [0.15, 0.2) is 35.6 Å². The van der Waals surface area contributed by atoms with Crippen LogP contribution in [-0.4, -0.2) is 44.1 Å². The normalized spacial score (nSPS) is 15.3. The maximum absolute atomic E-state index is 14.9. The smallest absolute Gasteiger partial charge is 0.289 e. The first-order valence-corrected chi connectivity index (χ1v) is 15.0. The minimum absolute atomic E-state index is 0.0861. The molecule has 0 saturated carbocycles. The molecular formula is C24H29ClF2N4O3Si. The second-order valence-corrected chi connectivity index (χ2v) is 13.5. The van der Waals surface area contributed by atoms with Gasteiger partial charge in [0, 0.05) is 51.0 Å². The molecule has 4 rings (SSSR count). The van der Waals surface area contributed by atoms with Gasteiger partial charge >= 0.3 is 0 Å². The fourth-order valence-electron chi connectivity index (χ4n) is 3.48. The van der Waals surface area contributed by atoms with E-state index in [2.05, 4.69) is 28.4 Å². The van der Waals surface area contributed by atoms with Crippen LogP contribution < -0.4 is 10.1 Å². The molecule has 0 radical (unpaired) electrons. The molecular weight excluding hydrogens is 494 g/mol. The van der Waals surface area contributed by atoms with Crippen molar-refractivity contribution in [2.75, 3.05) is 25.1 Å². The third-order valence-electron chi connectivity index (χ3n) is 5.45. The summed E-state index contributed by atoms with van der Waals surface area (Å²) in [7, 11) is -0.704. The third kappa shape index (κ3) is 6.12. The Hall–Kier alpha value is -2.69. The van der Waals surface area contributed by atoms with Gasteiger partial charge in [0.05, 0.1) is 23.6 Å². The average molecular weight is 523 g/mol. The maximum Gasteiger partial charge on any atom is 0.289 e. The molecule has 7 nitrogen and oxygen atoms in total. The minimum atomic E-state index is -0.883. The summed E-state index contributed by atoms with van der Waals surface area (Å²) in [5, 5.41) is 3.61. The lowest BCUT2D eigenvalue weighted by Crippen LogP contribution is -2.33. The Morgan fingerprint density at radius 2 is 2.00 bits per heavy atom. The fraction of sp³-hybridized carbons (Fsp3) is 0.417. The number of halogens is 3. The van der Waals surface area contributed by atoms with Crippen LogP contribution in [0.2, 0.25) is 24.2 Å². The predicted molar refractivity (Wildman–Crippen MR) is 136 cm³/mol. The number of aliphatic imine (C=N–C) groups is 1. The molecule has 1 N–H and O–H groups in total. The van der Waals surface area contributed by atoms with Crippen molar-refractivity contribution < 1.29 is 23.0 Å². The van der Waals surface area contributed by atoms with Crippen molar-refractivity contribution in [2.45, 2.75) is 39.7 Å². The number of anilines is 1. The van der Waals surface area contributed by atoms with Crippen molar-refractivity contribution in [2.24, 2.45) is 10.4 Å². The van der Waals surface area contributed by atoms with Crippen LogP contribution in [0.5, 0.6) is 11.5 Å². The molecule has 0 spiro atoms. The molecule has 11 heteroatoms. The second-order valence-electron chi connectivity index (χ2n) is 9.74. The van der Waals surface area contributed by atoms with Crippen LogP contribution in [-0.2, 0) is 16.2 Å². The number of pyridine rings is 1. The molecule has 1 aliphatic heterocycles. The number of ether oxygens (including phenoxy) is 3. The number of benzene rings is 1. The van der Waals surface area contributed by atoms with Gasteiger partial charge in [-0.25, -0.2) is 18.8 Å². The highest BCUT2D eigenvalue weighted by Gasteiger charge is 2.25. The Kier molecular flexibility index (Phi) is 7.63. The molecule has 35 heavy (non-hydrogen) atoms. The lowest BCUT2D eigenvalue weighted by molar-refractivity contribution is 0.0902. The Morgan fingerprint density at radius 3 is 2.66 bits per heavy atom. The first kappa shape index (κ1) is 25.4. The standard InChI is InChI=1S/C24H29ClF2N4O3Si/c1-24(2)12-29-23(33-13-24)30-15-9-17(26)21(18(27)10-15)34-19-5-6-28-22-20(19)16(25)11-31(22)14-32-7-8-35(3)4/h5-6,9-11,35H,7-8,12-14H2,1-4H3,(H,29,30). The van der Waals surface area contributed by atoms with Gasteiger partial charge in [0.2, 0.25) is 0 Å².